The van der Waals surface area contributed by atoms with E-state index < -0.39 is 26.0 Å². The number of benzene rings is 3. The van der Waals surface area contributed by atoms with Gasteiger partial charge >= 0.3 is 0 Å². The molecule has 196 valence electrons. The zero-order valence-electron chi connectivity index (χ0n) is 20.3. The molecule has 0 saturated heterocycles. The van der Waals surface area contributed by atoms with E-state index in [1.165, 1.54) is 54.7 Å². The minimum absolute atomic E-state index is 0.0292. The van der Waals surface area contributed by atoms with Gasteiger partial charge in [-0.3, -0.25) is 14.2 Å². The van der Waals surface area contributed by atoms with E-state index in [2.05, 4.69) is 19.7 Å². The molecular formula is C26H23ClN4O5S2. The molecule has 0 atom stereocenters. The quantitative estimate of drug-likeness (QED) is 0.266. The molecule has 0 radical (unpaired) electrons. The van der Waals surface area contributed by atoms with E-state index in [1.807, 2.05) is 13.0 Å². The molecule has 4 rings (SSSR count). The van der Waals surface area contributed by atoms with Crippen molar-refractivity contribution in [3.63, 3.8) is 0 Å². The zero-order valence-corrected chi connectivity index (χ0v) is 22.7. The maximum atomic E-state index is 13.1. The number of nitrogens with zero attached hydrogens (tertiary/aromatic N) is 1. The number of nitrogens with one attached hydrogen (secondary N) is 3. The highest BCUT2D eigenvalue weighted by Gasteiger charge is 2.22. The topological polar surface area (TPSA) is 134 Å². The first-order chi connectivity index (χ1) is 17.9. The Kier molecular flexibility index (Phi) is 7.72. The average Bonchev–Trinajstić information content (AvgIpc) is 2.86. The molecule has 9 nitrogen and oxygen atoms in total. The highest BCUT2D eigenvalue weighted by molar-refractivity contribution is 7.93. The van der Waals surface area contributed by atoms with Gasteiger partial charge in [0.25, 0.3) is 26.0 Å². The number of amides is 1. The van der Waals surface area contributed by atoms with Crippen LogP contribution in [0.4, 0.5) is 17.2 Å². The summed E-state index contributed by atoms with van der Waals surface area (Å²) < 4.78 is 56.2. The maximum absolute atomic E-state index is 13.1. The van der Waals surface area contributed by atoms with Gasteiger partial charge in [-0.05, 0) is 80.1 Å². The summed E-state index contributed by atoms with van der Waals surface area (Å²) >= 11 is 6.18. The summed E-state index contributed by atoms with van der Waals surface area (Å²) in [6.45, 7) is 3.68. The van der Waals surface area contributed by atoms with Crippen LogP contribution in [0.25, 0.3) is 0 Å². The molecule has 0 aliphatic heterocycles. The van der Waals surface area contributed by atoms with E-state index in [1.54, 1.807) is 31.2 Å². The summed E-state index contributed by atoms with van der Waals surface area (Å²) in [5.74, 6) is -0.433. The third-order valence-electron chi connectivity index (χ3n) is 5.44. The lowest BCUT2D eigenvalue weighted by atomic mass is 10.1. The Hall–Kier alpha value is -3.93. The number of aryl methyl sites for hydroxylation is 2. The van der Waals surface area contributed by atoms with Crippen molar-refractivity contribution in [3.8, 4) is 0 Å². The highest BCUT2D eigenvalue weighted by Crippen LogP contribution is 2.27. The van der Waals surface area contributed by atoms with Crippen molar-refractivity contribution in [3.05, 3.63) is 107 Å². The largest absolute Gasteiger partial charge is 0.322 e. The number of sulfonamides is 2. The molecule has 0 unspecified atom stereocenters. The van der Waals surface area contributed by atoms with Gasteiger partial charge in [0.15, 0.2) is 0 Å². The van der Waals surface area contributed by atoms with Crippen molar-refractivity contribution in [2.75, 3.05) is 14.8 Å². The van der Waals surface area contributed by atoms with Crippen LogP contribution < -0.4 is 14.8 Å². The third kappa shape index (κ3) is 6.31. The fourth-order valence-corrected chi connectivity index (χ4v) is 6.18. The number of pyridine rings is 1. The number of rotatable bonds is 8. The SMILES string of the molecule is Cc1ccc(NS(=O)(=O)c2cc(C(=O)Nc3ccc(S(=O)(=O)Nc4ccccn4)cc3)ccc2Cl)c(C)c1. The Morgan fingerprint density at radius 3 is 2.21 bits per heavy atom. The standard InChI is InChI=1S/C26H23ClN4O5S2/c1-17-6-13-23(18(2)15-17)30-38(35,36)24-16-19(7-12-22(24)27)26(32)29-20-8-10-21(11-9-20)37(33,34)31-25-5-3-4-14-28-25/h3-16,30H,1-2H3,(H,28,31)(H,29,32). The molecule has 0 fully saturated rings. The van der Waals surface area contributed by atoms with Crippen molar-refractivity contribution < 1.29 is 21.6 Å². The van der Waals surface area contributed by atoms with Crippen LogP contribution in [-0.4, -0.2) is 27.7 Å². The van der Waals surface area contributed by atoms with Crippen molar-refractivity contribution in [1.29, 1.82) is 0 Å². The third-order valence-corrected chi connectivity index (χ3v) is 8.65. The first-order valence-electron chi connectivity index (χ1n) is 11.2. The maximum Gasteiger partial charge on any atom is 0.263 e. The van der Waals surface area contributed by atoms with Gasteiger partial charge in [-0.25, -0.2) is 21.8 Å². The summed E-state index contributed by atoms with van der Waals surface area (Å²) in [6.07, 6.45) is 1.46. The van der Waals surface area contributed by atoms with Crippen molar-refractivity contribution >= 4 is 54.7 Å². The Morgan fingerprint density at radius 1 is 0.816 bits per heavy atom. The lowest BCUT2D eigenvalue weighted by Gasteiger charge is -2.13. The normalized spacial score (nSPS) is 11.6. The minimum atomic E-state index is -4.10. The fraction of sp³-hybridized carbons (Fsp3) is 0.0769. The molecule has 0 aliphatic carbocycles. The first kappa shape index (κ1) is 27.1. The van der Waals surface area contributed by atoms with Crippen molar-refractivity contribution in [2.45, 2.75) is 23.6 Å². The van der Waals surface area contributed by atoms with E-state index in [4.69, 9.17) is 11.6 Å². The second kappa shape index (κ2) is 10.8. The highest BCUT2D eigenvalue weighted by atomic mass is 35.5. The van der Waals surface area contributed by atoms with Crippen molar-refractivity contribution in [2.24, 2.45) is 0 Å². The molecular weight excluding hydrogens is 548 g/mol. The number of hydrogen-bond donors (Lipinski definition) is 3. The Morgan fingerprint density at radius 2 is 1.55 bits per heavy atom. The molecule has 0 spiro atoms. The molecule has 4 aromatic rings. The lowest BCUT2D eigenvalue weighted by molar-refractivity contribution is 0.102. The molecule has 1 amide bonds. The molecule has 12 heteroatoms. The summed E-state index contributed by atoms with van der Waals surface area (Å²) in [5, 5.41) is 2.58. The van der Waals surface area contributed by atoms with Crippen LogP contribution in [0.5, 0.6) is 0 Å². The number of halogens is 1. The fourth-order valence-electron chi connectivity index (χ4n) is 3.52. The summed E-state index contributed by atoms with van der Waals surface area (Å²) in [7, 11) is -7.98. The first-order valence-corrected chi connectivity index (χ1v) is 14.5. The van der Waals surface area contributed by atoms with Gasteiger partial charge in [0.2, 0.25) is 0 Å². The van der Waals surface area contributed by atoms with Gasteiger partial charge in [-0.15, -0.1) is 0 Å². The minimum Gasteiger partial charge on any atom is -0.322 e. The number of carbonyl (C=O) groups excluding carboxylic acids is 1. The molecule has 1 heterocycles. The van der Waals surface area contributed by atoms with Gasteiger partial charge in [0.05, 0.1) is 15.6 Å². The molecule has 0 aliphatic rings. The number of aromatic nitrogens is 1. The predicted molar refractivity (Wildman–Crippen MR) is 148 cm³/mol. The predicted octanol–water partition coefficient (Wildman–Crippen LogP) is 5.21. The van der Waals surface area contributed by atoms with Crippen molar-refractivity contribution in [1.82, 2.24) is 4.98 Å². The monoisotopic (exact) mass is 570 g/mol. The second-order valence-electron chi connectivity index (χ2n) is 8.37. The van der Waals surface area contributed by atoms with Crippen LogP contribution in [0.1, 0.15) is 21.5 Å². The molecule has 38 heavy (non-hydrogen) atoms. The number of carbonyl (C=O) groups is 1. The van der Waals surface area contributed by atoms with Gasteiger partial charge in [0, 0.05) is 17.4 Å². The number of anilines is 3. The molecule has 0 bridgehead atoms. The van der Waals surface area contributed by atoms with E-state index in [9.17, 15) is 21.6 Å². The van der Waals surface area contributed by atoms with E-state index in [0.717, 1.165) is 11.1 Å². The number of hydrogen-bond acceptors (Lipinski definition) is 6. The van der Waals surface area contributed by atoms with E-state index >= 15 is 0 Å². The summed E-state index contributed by atoms with van der Waals surface area (Å²) in [6, 6.07) is 19.5. The second-order valence-corrected chi connectivity index (χ2v) is 12.1. The van der Waals surface area contributed by atoms with Gasteiger partial charge in [-0.2, -0.15) is 0 Å². The summed E-state index contributed by atoms with van der Waals surface area (Å²) in [5.41, 5.74) is 2.47. The van der Waals surface area contributed by atoms with Gasteiger partial charge < -0.3 is 5.32 Å². The van der Waals surface area contributed by atoms with Crippen LogP contribution in [0, 0.1) is 13.8 Å². The van der Waals surface area contributed by atoms with E-state index in [0.29, 0.717) is 11.4 Å². The van der Waals surface area contributed by atoms with Gasteiger partial charge in [0.1, 0.15) is 10.7 Å². The molecule has 3 N–H and O–H groups in total. The Balaban J connectivity index is 1.51. The van der Waals surface area contributed by atoms with Crippen LogP contribution >= 0.6 is 11.6 Å². The lowest BCUT2D eigenvalue weighted by Crippen LogP contribution is -2.17. The Labute approximate surface area is 226 Å². The van der Waals surface area contributed by atoms with E-state index in [-0.39, 0.29) is 26.2 Å². The molecule has 0 saturated carbocycles. The van der Waals surface area contributed by atoms with Crippen LogP contribution in [0.15, 0.2) is 94.9 Å². The average molecular weight is 571 g/mol. The Bertz CT molecular complexity index is 1710. The van der Waals surface area contributed by atoms with Crippen LogP contribution in [0.3, 0.4) is 0 Å². The van der Waals surface area contributed by atoms with Crippen LogP contribution in [-0.2, 0) is 20.0 Å². The zero-order chi connectivity index (χ0) is 27.5. The smallest absolute Gasteiger partial charge is 0.263 e. The summed E-state index contributed by atoms with van der Waals surface area (Å²) in [4.78, 5) is 16.5. The molecule has 3 aromatic carbocycles. The molecule has 1 aromatic heterocycles. The van der Waals surface area contributed by atoms with Gasteiger partial charge in [-0.1, -0.05) is 35.4 Å². The van der Waals surface area contributed by atoms with Crippen LogP contribution in [0.2, 0.25) is 5.02 Å².